The van der Waals surface area contributed by atoms with Crippen LogP contribution in [0.1, 0.15) is 94.3 Å². The molecule has 2 aromatic heterocycles. The predicted molar refractivity (Wildman–Crippen MR) is 394 cm³/mol. The summed E-state index contributed by atoms with van der Waals surface area (Å²) in [4.78, 5) is 188. The maximum atomic E-state index is 15.5. The van der Waals surface area contributed by atoms with E-state index >= 15 is 4.39 Å². The summed E-state index contributed by atoms with van der Waals surface area (Å²) in [7, 11) is 1.54. The first-order valence-electron chi connectivity index (χ1n) is 34.9. The van der Waals surface area contributed by atoms with Crippen LogP contribution in [-0.2, 0) is 94.4 Å². The number of aromatic nitrogens is 3. The van der Waals surface area contributed by atoms with E-state index in [4.69, 9.17) is 16.2 Å². The van der Waals surface area contributed by atoms with E-state index in [1.165, 1.54) is 50.8 Å². The molecule has 20 N–H and O–H groups in total. The number of nitrogens with one attached hydrogen (secondary N) is 11. The molecule has 11 amide bonds. The third-order valence-electron chi connectivity index (χ3n) is 17.8. The molecule has 4 aromatic carbocycles. The number of aliphatic carboxylic acids is 2. The van der Waals surface area contributed by atoms with E-state index in [0.717, 1.165) is 54.7 Å². The van der Waals surface area contributed by atoms with Gasteiger partial charge in [-0.05, 0) is 118 Å². The number of ether oxygens (including phenoxy) is 1. The van der Waals surface area contributed by atoms with Crippen LogP contribution in [0.5, 0.6) is 5.75 Å². The van der Waals surface area contributed by atoms with E-state index < -0.39 is 193 Å². The van der Waals surface area contributed by atoms with Crippen molar-refractivity contribution in [1.29, 1.82) is 0 Å². The molecule has 0 saturated carbocycles. The number of halogens is 1. The van der Waals surface area contributed by atoms with Gasteiger partial charge in [0.2, 0.25) is 65.0 Å². The standard InChI is InChI=1S/C75H94FN15O19/c1-9-44-30-48(110-8)23-24-50(44)45-21-18-42(19-22-45)28-56(67(103)83-55(64(78)100)29-43-20-25-53(80-34-43)49-16-12-10-14-39(49)2)84-68(104)57(32-61(98)99)85-69(105)58(37-92)86-70(106)62(40(3)93)89-73(109)75(7,33-46-15-11-13-17-51(46)76)91-71(107)63(41(4)94)88-59(95)36-81-66(102)54(26-27-60(96)97)87-72(108)74(5,6)90-65(101)52(77)31-47-35-79-38-82-47/h10-25,30,34-35,38,40-41,52,54-58,62-63,92-94H,9,26-29,31-33,36-37,77H2,1-8H3,(H2,78,100)(H,79,82)(H,81,102)(H,83,103)(H,84,104)(H,85,105)(H,86,106)(H,87,108)(H,88,95)(H,89,109)(H,90,101)(H,91,107)(H,96,97)(H,98,99)/t40?,41?,52-,54-,55-,56-,57-,58-,62-,63-,75-/m0/s1. The number of benzene rings is 4. The topological polar surface area (TPSA) is 546 Å². The third kappa shape index (κ3) is 25.3. The fourth-order valence-corrected chi connectivity index (χ4v) is 11.4. The van der Waals surface area contributed by atoms with Crippen molar-refractivity contribution >= 4 is 76.9 Å². The van der Waals surface area contributed by atoms with Gasteiger partial charge < -0.3 is 99.9 Å². The van der Waals surface area contributed by atoms with Gasteiger partial charge in [0.25, 0.3) is 0 Å². The Bertz CT molecular complexity index is 4280. The second kappa shape index (κ2) is 40.2. The highest BCUT2D eigenvalue weighted by atomic mass is 19.1. The van der Waals surface area contributed by atoms with Crippen LogP contribution in [0.15, 0.2) is 122 Å². The van der Waals surface area contributed by atoms with Gasteiger partial charge in [-0.15, -0.1) is 0 Å². The zero-order valence-corrected chi connectivity index (χ0v) is 61.8. The summed E-state index contributed by atoms with van der Waals surface area (Å²) in [5.74, 6) is -16.2. The lowest BCUT2D eigenvalue weighted by Gasteiger charge is -2.34. The summed E-state index contributed by atoms with van der Waals surface area (Å²) in [6, 6.07) is 14.1. The van der Waals surface area contributed by atoms with Gasteiger partial charge in [-0.25, -0.2) is 9.37 Å². The number of rotatable bonds is 41. The minimum atomic E-state index is -2.43. The molecule has 0 aliphatic rings. The number of methoxy groups -OCH3 is 1. The van der Waals surface area contributed by atoms with Crippen molar-refractivity contribution in [2.24, 2.45) is 11.5 Å². The van der Waals surface area contributed by atoms with Gasteiger partial charge in [-0.3, -0.25) is 67.3 Å². The van der Waals surface area contributed by atoms with Gasteiger partial charge in [0.15, 0.2) is 0 Å². The summed E-state index contributed by atoms with van der Waals surface area (Å²) < 4.78 is 20.9. The molecule has 11 atom stereocenters. The molecule has 0 aliphatic heterocycles. The zero-order chi connectivity index (χ0) is 81.3. The van der Waals surface area contributed by atoms with Gasteiger partial charge in [0.1, 0.15) is 64.9 Å². The molecule has 0 aliphatic carbocycles. The number of nitrogens with two attached hydrogens (primary N) is 2. The number of amides is 11. The molecule has 35 heteroatoms. The number of carbonyl (C=O) groups excluding carboxylic acids is 11. The fourth-order valence-electron chi connectivity index (χ4n) is 11.4. The lowest BCUT2D eigenvalue weighted by molar-refractivity contribution is -0.142. The van der Waals surface area contributed by atoms with Crippen LogP contribution in [0.4, 0.5) is 4.39 Å². The lowest BCUT2D eigenvalue weighted by atomic mass is 9.90. The quantitative estimate of drug-likeness (QED) is 0.0210. The molecule has 2 heterocycles. The number of pyridine rings is 1. The minimum Gasteiger partial charge on any atom is -0.497 e. The highest BCUT2D eigenvalue weighted by molar-refractivity contribution is 6.01. The number of imidazole rings is 1. The molecule has 6 aromatic rings. The van der Waals surface area contributed by atoms with Crippen molar-refractivity contribution in [2.45, 2.75) is 171 Å². The van der Waals surface area contributed by atoms with E-state index in [0.29, 0.717) is 34.7 Å². The van der Waals surface area contributed by atoms with Crippen LogP contribution in [0.25, 0.3) is 22.4 Å². The summed E-state index contributed by atoms with van der Waals surface area (Å²) in [5.41, 5.74) is 13.9. The highest BCUT2D eigenvalue weighted by Gasteiger charge is 2.43. The minimum absolute atomic E-state index is 0.0170. The lowest BCUT2D eigenvalue weighted by Crippen LogP contribution is -2.67. The van der Waals surface area contributed by atoms with E-state index in [2.05, 4.69) is 68.1 Å². The van der Waals surface area contributed by atoms with E-state index in [-0.39, 0.29) is 24.8 Å². The Morgan fingerprint density at radius 3 is 1.81 bits per heavy atom. The molecule has 6 rings (SSSR count). The second-order valence-corrected chi connectivity index (χ2v) is 27.0. The molecule has 590 valence electrons. The molecule has 34 nitrogen and oxygen atoms in total. The summed E-state index contributed by atoms with van der Waals surface area (Å²) in [6.07, 6.45) is -2.35. The third-order valence-corrected chi connectivity index (χ3v) is 17.8. The van der Waals surface area contributed by atoms with Crippen LogP contribution >= 0.6 is 0 Å². The van der Waals surface area contributed by atoms with Gasteiger partial charge in [-0.1, -0.05) is 85.8 Å². The Kier molecular flexibility index (Phi) is 31.7. The molecule has 0 radical (unpaired) electrons. The maximum absolute atomic E-state index is 15.5. The number of aromatic amines is 1. The van der Waals surface area contributed by atoms with Crippen molar-refractivity contribution in [3.63, 3.8) is 0 Å². The number of aliphatic hydroxyl groups excluding tert-OH is 3. The number of carboxylic acids is 2. The summed E-state index contributed by atoms with van der Waals surface area (Å²) >= 11 is 0. The molecule has 0 spiro atoms. The van der Waals surface area contributed by atoms with Crippen LogP contribution < -0.4 is 69.4 Å². The smallest absolute Gasteiger partial charge is 0.305 e. The Labute approximate surface area is 632 Å². The average Bonchev–Trinajstić information content (AvgIpc) is 1.10. The van der Waals surface area contributed by atoms with E-state index in [1.54, 1.807) is 49.6 Å². The predicted octanol–water partition coefficient (Wildman–Crippen LogP) is -1.39. The van der Waals surface area contributed by atoms with Crippen molar-refractivity contribution in [3.8, 4) is 28.1 Å². The van der Waals surface area contributed by atoms with Gasteiger partial charge in [0, 0.05) is 50.1 Å². The molecule has 0 bridgehead atoms. The number of primary amides is 1. The van der Waals surface area contributed by atoms with Crippen LogP contribution in [0.3, 0.4) is 0 Å². The van der Waals surface area contributed by atoms with Crippen molar-refractivity contribution in [1.82, 2.24) is 68.1 Å². The zero-order valence-electron chi connectivity index (χ0n) is 61.8. The van der Waals surface area contributed by atoms with Crippen molar-refractivity contribution in [2.75, 3.05) is 20.3 Å². The first-order chi connectivity index (χ1) is 52.0. The first-order valence-corrected chi connectivity index (χ1v) is 34.9. The molecule has 110 heavy (non-hydrogen) atoms. The summed E-state index contributed by atoms with van der Waals surface area (Å²) in [5, 5.41) is 75.2. The normalized spacial score (nSPS) is 14.5. The summed E-state index contributed by atoms with van der Waals surface area (Å²) in [6.45, 7) is 7.21. The SMILES string of the molecule is CCc1cc(OC)ccc1-c1ccc(C[C@H](NC(=O)[C@H](CC(=O)O)NC(=O)[C@H](CO)NC(=O)[C@@H](NC(=O)[C@](C)(Cc2ccccc2F)NC(=O)[C@@H](NC(=O)CNC(=O)[C@H](CCC(=O)O)NC(=O)C(C)(C)NC(=O)[C@@H](N)Cc2c[nH]cn2)C(C)O)C(C)O)C(=O)N[C@@H](Cc2ccc(-c3ccccc3C)nc2)C(N)=O)cc1. The Balaban J connectivity index is 1.17. The van der Waals surface area contributed by atoms with Crippen LogP contribution in [0, 0.1) is 12.7 Å². The Hall–Kier alpha value is -12.1. The number of aryl methyl sites for hydroxylation is 2. The van der Waals surface area contributed by atoms with E-state index in [9.17, 15) is 87.9 Å². The van der Waals surface area contributed by atoms with Crippen LogP contribution in [-0.4, -0.2) is 209 Å². The van der Waals surface area contributed by atoms with Gasteiger partial charge >= 0.3 is 11.9 Å². The number of hydrogen-bond donors (Lipinski definition) is 18. The van der Waals surface area contributed by atoms with E-state index in [1.807, 2.05) is 50.2 Å². The van der Waals surface area contributed by atoms with Crippen molar-refractivity contribution in [3.05, 3.63) is 161 Å². The molecule has 2 unspecified atom stereocenters. The number of H-pyrrole nitrogens is 1. The van der Waals surface area contributed by atoms with Crippen LogP contribution in [0.2, 0.25) is 0 Å². The van der Waals surface area contributed by atoms with Gasteiger partial charge in [-0.2, -0.15) is 0 Å². The Morgan fingerprint density at radius 1 is 0.609 bits per heavy atom. The maximum Gasteiger partial charge on any atom is 0.305 e. The first kappa shape index (κ1) is 86.8. The monoisotopic (exact) mass is 1530 g/mol. The number of nitrogens with zero attached hydrogens (tertiary/aromatic N) is 2. The molecular formula is C75H94FN15O19. The highest BCUT2D eigenvalue weighted by Crippen LogP contribution is 2.29. The second-order valence-electron chi connectivity index (χ2n) is 27.0. The van der Waals surface area contributed by atoms with Gasteiger partial charge in [0.05, 0.1) is 62.6 Å². The fraction of sp³-hybridized carbons (Fsp3) is 0.400. The largest absolute Gasteiger partial charge is 0.497 e. The molecule has 0 fully saturated rings. The molecular weight excluding hydrogens is 1430 g/mol. The number of aliphatic hydroxyl groups is 3. The van der Waals surface area contributed by atoms with Crippen molar-refractivity contribution < 1.29 is 97.0 Å². The average molecular weight is 1530 g/mol. The number of carboxylic acid groups (broad SMARTS) is 2. The Morgan fingerprint density at radius 2 is 1.22 bits per heavy atom. The number of hydrogen-bond acceptors (Lipinski definition) is 20. The molecule has 0 saturated heterocycles. The number of carbonyl (C=O) groups is 13.